The van der Waals surface area contributed by atoms with Crippen molar-refractivity contribution in [2.24, 2.45) is 0 Å². The number of aliphatic hydroxyl groups is 1. The summed E-state index contributed by atoms with van der Waals surface area (Å²) >= 11 is 0. The number of aliphatic hydroxyl groups excluding tert-OH is 1. The van der Waals surface area contributed by atoms with E-state index in [1.165, 1.54) is 0 Å². The highest BCUT2D eigenvalue weighted by Gasteiger charge is 2.42. The van der Waals surface area contributed by atoms with Gasteiger partial charge in [0, 0.05) is 11.1 Å². The molecule has 0 radical (unpaired) electrons. The van der Waals surface area contributed by atoms with Gasteiger partial charge in [0.2, 0.25) is 5.79 Å². The van der Waals surface area contributed by atoms with E-state index in [2.05, 4.69) is 6.92 Å². The zero-order chi connectivity index (χ0) is 15.4. The topological polar surface area (TPSA) is 38.7 Å². The van der Waals surface area contributed by atoms with E-state index in [0.717, 1.165) is 29.5 Å². The molecule has 2 aromatic rings. The van der Waals surface area contributed by atoms with Crippen LogP contribution in [0.1, 0.15) is 36.5 Å². The minimum Gasteiger partial charge on any atom is -0.392 e. The highest BCUT2D eigenvalue weighted by Crippen LogP contribution is 2.41. The van der Waals surface area contributed by atoms with Crippen molar-refractivity contribution in [3.8, 4) is 0 Å². The van der Waals surface area contributed by atoms with Crippen LogP contribution >= 0.6 is 0 Å². The zero-order valence-corrected chi connectivity index (χ0v) is 12.9. The molecule has 3 rings (SSSR count). The van der Waals surface area contributed by atoms with Crippen LogP contribution in [0.3, 0.4) is 0 Å². The van der Waals surface area contributed by atoms with Crippen LogP contribution in [-0.4, -0.2) is 17.8 Å². The Morgan fingerprint density at radius 3 is 2.55 bits per heavy atom. The molecule has 0 spiro atoms. The van der Waals surface area contributed by atoms with Crippen LogP contribution in [0.15, 0.2) is 54.6 Å². The molecule has 1 fully saturated rings. The third kappa shape index (κ3) is 2.68. The Bertz CT molecular complexity index is 611. The standard InChI is InChI=1S/C19H22O3/c1-2-17-12-13-21-19(22-17,16-9-4-3-5-10-16)18-11-7-6-8-15(18)14-20/h3-11,17,20H,2,12-14H2,1H3. The van der Waals surface area contributed by atoms with Crippen molar-refractivity contribution in [1.29, 1.82) is 0 Å². The average molecular weight is 298 g/mol. The lowest BCUT2D eigenvalue weighted by atomic mass is 9.91. The molecule has 1 aliphatic rings. The molecule has 0 aromatic heterocycles. The van der Waals surface area contributed by atoms with E-state index < -0.39 is 5.79 Å². The molecule has 3 heteroatoms. The summed E-state index contributed by atoms with van der Waals surface area (Å²) in [6.07, 6.45) is 1.99. The summed E-state index contributed by atoms with van der Waals surface area (Å²) in [5.41, 5.74) is 2.69. The molecule has 3 nitrogen and oxygen atoms in total. The Labute approximate surface area is 131 Å². The van der Waals surface area contributed by atoms with Crippen LogP contribution in [0.25, 0.3) is 0 Å². The molecule has 1 N–H and O–H groups in total. The van der Waals surface area contributed by atoms with Gasteiger partial charge in [-0.25, -0.2) is 0 Å². The third-order valence-corrected chi connectivity index (χ3v) is 4.23. The average Bonchev–Trinajstić information content (AvgIpc) is 2.62. The Morgan fingerprint density at radius 2 is 1.82 bits per heavy atom. The Morgan fingerprint density at radius 1 is 1.09 bits per heavy atom. The Kier molecular flexibility index (Phi) is 4.57. The molecule has 2 unspecified atom stereocenters. The van der Waals surface area contributed by atoms with Crippen LogP contribution in [-0.2, 0) is 21.9 Å². The van der Waals surface area contributed by atoms with Crippen molar-refractivity contribution < 1.29 is 14.6 Å². The first kappa shape index (κ1) is 15.2. The van der Waals surface area contributed by atoms with Crippen LogP contribution in [0.2, 0.25) is 0 Å². The van der Waals surface area contributed by atoms with Crippen molar-refractivity contribution >= 4 is 0 Å². The van der Waals surface area contributed by atoms with E-state index in [1.807, 2.05) is 54.6 Å². The van der Waals surface area contributed by atoms with Gasteiger partial charge in [0.25, 0.3) is 0 Å². The molecule has 116 valence electrons. The predicted octanol–water partition coefficient (Wildman–Crippen LogP) is 3.60. The third-order valence-electron chi connectivity index (χ3n) is 4.23. The van der Waals surface area contributed by atoms with Crippen LogP contribution in [0, 0.1) is 0 Å². The van der Waals surface area contributed by atoms with Gasteiger partial charge in [0.1, 0.15) is 0 Å². The summed E-state index contributed by atoms with van der Waals surface area (Å²) in [7, 11) is 0. The monoisotopic (exact) mass is 298 g/mol. The van der Waals surface area contributed by atoms with E-state index in [0.29, 0.717) is 6.61 Å². The molecule has 0 bridgehead atoms. The zero-order valence-electron chi connectivity index (χ0n) is 12.9. The maximum Gasteiger partial charge on any atom is 0.222 e. The van der Waals surface area contributed by atoms with Crippen molar-refractivity contribution in [2.45, 2.75) is 38.3 Å². The molecule has 0 saturated carbocycles. The fourth-order valence-corrected chi connectivity index (χ4v) is 3.03. The number of benzene rings is 2. The molecule has 1 heterocycles. The SMILES string of the molecule is CCC1CCOC(c2ccccc2)(c2ccccc2CO)O1. The van der Waals surface area contributed by atoms with E-state index in [9.17, 15) is 5.11 Å². The van der Waals surface area contributed by atoms with E-state index in [4.69, 9.17) is 9.47 Å². The fourth-order valence-electron chi connectivity index (χ4n) is 3.03. The molecule has 1 aliphatic heterocycles. The number of rotatable bonds is 4. The summed E-state index contributed by atoms with van der Waals surface area (Å²) in [6.45, 7) is 2.74. The van der Waals surface area contributed by atoms with Crippen LogP contribution in [0.4, 0.5) is 0 Å². The molecular weight excluding hydrogens is 276 g/mol. The highest BCUT2D eigenvalue weighted by atomic mass is 16.7. The van der Waals surface area contributed by atoms with Gasteiger partial charge in [-0.15, -0.1) is 0 Å². The molecule has 2 aromatic carbocycles. The quantitative estimate of drug-likeness (QED) is 0.937. The lowest BCUT2D eigenvalue weighted by Gasteiger charge is -2.42. The fraction of sp³-hybridized carbons (Fsp3) is 0.368. The predicted molar refractivity (Wildman–Crippen MR) is 85.3 cm³/mol. The van der Waals surface area contributed by atoms with Crippen molar-refractivity contribution in [3.63, 3.8) is 0 Å². The van der Waals surface area contributed by atoms with Gasteiger partial charge in [0.05, 0.1) is 19.3 Å². The minimum atomic E-state index is -0.931. The number of hydrogen-bond acceptors (Lipinski definition) is 3. The molecular formula is C19H22O3. The number of ether oxygens (including phenoxy) is 2. The van der Waals surface area contributed by atoms with Crippen LogP contribution < -0.4 is 0 Å². The second-order valence-corrected chi connectivity index (χ2v) is 5.58. The molecule has 1 saturated heterocycles. The lowest BCUT2D eigenvalue weighted by Crippen LogP contribution is -2.43. The molecule has 22 heavy (non-hydrogen) atoms. The second-order valence-electron chi connectivity index (χ2n) is 5.58. The maximum absolute atomic E-state index is 9.72. The highest BCUT2D eigenvalue weighted by molar-refractivity contribution is 5.39. The van der Waals surface area contributed by atoms with Crippen molar-refractivity contribution in [1.82, 2.24) is 0 Å². The summed E-state index contributed by atoms with van der Waals surface area (Å²) in [5, 5.41) is 9.72. The first-order valence-electron chi connectivity index (χ1n) is 7.86. The van der Waals surface area contributed by atoms with E-state index in [-0.39, 0.29) is 12.7 Å². The van der Waals surface area contributed by atoms with Gasteiger partial charge in [-0.1, -0.05) is 61.5 Å². The van der Waals surface area contributed by atoms with Crippen molar-refractivity contribution in [3.05, 3.63) is 71.3 Å². The van der Waals surface area contributed by atoms with Gasteiger partial charge >= 0.3 is 0 Å². The van der Waals surface area contributed by atoms with Gasteiger partial charge in [-0.2, -0.15) is 0 Å². The first-order chi connectivity index (χ1) is 10.8. The summed E-state index contributed by atoms with van der Waals surface area (Å²) in [6, 6.07) is 17.8. The molecule has 0 amide bonds. The normalized spacial score (nSPS) is 25.1. The van der Waals surface area contributed by atoms with Gasteiger partial charge < -0.3 is 14.6 Å². The first-order valence-corrected chi connectivity index (χ1v) is 7.86. The smallest absolute Gasteiger partial charge is 0.222 e. The van der Waals surface area contributed by atoms with Gasteiger partial charge in [-0.3, -0.25) is 0 Å². The lowest BCUT2D eigenvalue weighted by molar-refractivity contribution is -0.279. The van der Waals surface area contributed by atoms with Crippen LogP contribution in [0.5, 0.6) is 0 Å². The summed E-state index contributed by atoms with van der Waals surface area (Å²) in [5.74, 6) is -0.931. The maximum atomic E-state index is 9.72. The Hall–Kier alpha value is -1.68. The largest absolute Gasteiger partial charge is 0.392 e. The van der Waals surface area contributed by atoms with Gasteiger partial charge in [-0.05, 0) is 18.4 Å². The summed E-state index contributed by atoms with van der Waals surface area (Å²) < 4.78 is 12.6. The summed E-state index contributed by atoms with van der Waals surface area (Å²) in [4.78, 5) is 0. The Balaban J connectivity index is 2.15. The second kappa shape index (κ2) is 6.61. The number of hydrogen-bond donors (Lipinski definition) is 1. The van der Waals surface area contributed by atoms with Gasteiger partial charge in [0.15, 0.2) is 0 Å². The minimum absolute atomic E-state index is 0.0335. The van der Waals surface area contributed by atoms with E-state index in [1.54, 1.807) is 0 Å². The van der Waals surface area contributed by atoms with E-state index >= 15 is 0 Å². The molecule has 0 aliphatic carbocycles. The van der Waals surface area contributed by atoms with Crippen molar-refractivity contribution in [2.75, 3.05) is 6.61 Å². The molecule has 2 atom stereocenters.